The standard InChI is InChI=1S/C12H23N5O/c1-3-5-14-10-9-11(16-12(13)15-10)17(6-4-2)7-8-18/h9,18H,3-8H2,1-2H3,(H3,13,14,15,16). The molecule has 1 aromatic heterocycles. The summed E-state index contributed by atoms with van der Waals surface area (Å²) in [7, 11) is 0. The van der Waals surface area contributed by atoms with Crippen LogP contribution in [0, 0.1) is 0 Å². The van der Waals surface area contributed by atoms with Crippen LogP contribution in [0.5, 0.6) is 0 Å². The summed E-state index contributed by atoms with van der Waals surface area (Å²) < 4.78 is 0. The van der Waals surface area contributed by atoms with Crippen LogP contribution < -0.4 is 16.0 Å². The van der Waals surface area contributed by atoms with Gasteiger partial charge in [0.1, 0.15) is 11.6 Å². The van der Waals surface area contributed by atoms with E-state index in [-0.39, 0.29) is 12.6 Å². The second-order valence-electron chi connectivity index (χ2n) is 4.11. The SMILES string of the molecule is CCCNc1cc(N(CCC)CCO)nc(N)n1. The maximum absolute atomic E-state index is 9.07. The number of nitrogen functional groups attached to an aromatic ring is 1. The summed E-state index contributed by atoms with van der Waals surface area (Å²) in [6.07, 6.45) is 2.01. The molecule has 0 aliphatic heterocycles. The van der Waals surface area contributed by atoms with Gasteiger partial charge < -0.3 is 21.1 Å². The molecule has 0 aromatic carbocycles. The molecule has 1 heterocycles. The van der Waals surface area contributed by atoms with Crippen molar-refractivity contribution in [3.05, 3.63) is 6.07 Å². The van der Waals surface area contributed by atoms with Crippen LogP contribution >= 0.6 is 0 Å². The molecule has 0 spiro atoms. The van der Waals surface area contributed by atoms with Crippen molar-refractivity contribution in [2.45, 2.75) is 26.7 Å². The first-order valence-corrected chi connectivity index (χ1v) is 6.45. The molecule has 6 nitrogen and oxygen atoms in total. The average Bonchev–Trinajstić information content (AvgIpc) is 2.35. The molecule has 102 valence electrons. The topological polar surface area (TPSA) is 87.3 Å². The van der Waals surface area contributed by atoms with Crippen molar-refractivity contribution in [1.29, 1.82) is 0 Å². The van der Waals surface area contributed by atoms with Gasteiger partial charge in [0.05, 0.1) is 6.61 Å². The molecule has 4 N–H and O–H groups in total. The lowest BCUT2D eigenvalue weighted by atomic mass is 10.3. The fourth-order valence-corrected chi connectivity index (χ4v) is 1.69. The fourth-order valence-electron chi connectivity index (χ4n) is 1.69. The number of hydrogen-bond acceptors (Lipinski definition) is 6. The van der Waals surface area contributed by atoms with E-state index in [0.717, 1.165) is 37.6 Å². The molecule has 0 bridgehead atoms. The number of rotatable bonds is 8. The minimum Gasteiger partial charge on any atom is -0.395 e. The Bertz CT molecular complexity index is 352. The zero-order valence-electron chi connectivity index (χ0n) is 11.2. The number of nitrogens with one attached hydrogen (secondary N) is 1. The number of aliphatic hydroxyl groups is 1. The van der Waals surface area contributed by atoms with E-state index in [1.165, 1.54) is 0 Å². The van der Waals surface area contributed by atoms with Crippen LogP contribution in [-0.4, -0.2) is 41.3 Å². The third-order valence-electron chi connectivity index (χ3n) is 2.47. The Balaban J connectivity index is 2.87. The van der Waals surface area contributed by atoms with Crippen molar-refractivity contribution >= 4 is 17.6 Å². The van der Waals surface area contributed by atoms with E-state index in [2.05, 4.69) is 29.1 Å². The third kappa shape index (κ3) is 4.37. The molecular weight excluding hydrogens is 230 g/mol. The molecule has 0 aliphatic rings. The zero-order chi connectivity index (χ0) is 13.4. The van der Waals surface area contributed by atoms with Gasteiger partial charge in [-0.25, -0.2) is 0 Å². The number of nitrogens with two attached hydrogens (primary N) is 1. The van der Waals surface area contributed by atoms with Gasteiger partial charge in [0.15, 0.2) is 0 Å². The smallest absolute Gasteiger partial charge is 0.223 e. The Hall–Kier alpha value is -1.56. The van der Waals surface area contributed by atoms with Crippen LogP contribution in [0.1, 0.15) is 26.7 Å². The van der Waals surface area contributed by atoms with Gasteiger partial charge in [-0.15, -0.1) is 0 Å². The maximum Gasteiger partial charge on any atom is 0.223 e. The van der Waals surface area contributed by atoms with Crippen molar-refractivity contribution in [2.75, 3.05) is 42.2 Å². The minimum atomic E-state index is 0.0988. The molecular formula is C12H23N5O. The van der Waals surface area contributed by atoms with E-state index < -0.39 is 0 Å². The average molecular weight is 253 g/mol. The van der Waals surface area contributed by atoms with E-state index in [1.807, 2.05) is 11.0 Å². The van der Waals surface area contributed by atoms with Crippen molar-refractivity contribution in [2.24, 2.45) is 0 Å². The molecule has 0 amide bonds. The molecule has 0 aliphatic carbocycles. The lowest BCUT2D eigenvalue weighted by Gasteiger charge is -2.22. The lowest BCUT2D eigenvalue weighted by Crippen LogP contribution is -2.28. The van der Waals surface area contributed by atoms with Crippen molar-refractivity contribution < 1.29 is 5.11 Å². The van der Waals surface area contributed by atoms with Crippen LogP contribution in [0.2, 0.25) is 0 Å². The van der Waals surface area contributed by atoms with Crippen LogP contribution in [0.15, 0.2) is 6.07 Å². The molecule has 0 saturated heterocycles. The number of anilines is 3. The van der Waals surface area contributed by atoms with E-state index in [9.17, 15) is 0 Å². The second kappa shape index (κ2) is 7.71. The largest absolute Gasteiger partial charge is 0.395 e. The van der Waals surface area contributed by atoms with Gasteiger partial charge >= 0.3 is 0 Å². The van der Waals surface area contributed by atoms with Gasteiger partial charge in [-0.3, -0.25) is 0 Å². The molecule has 6 heteroatoms. The first kappa shape index (κ1) is 14.5. The number of nitrogens with zero attached hydrogens (tertiary/aromatic N) is 3. The normalized spacial score (nSPS) is 10.4. The number of aromatic nitrogens is 2. The summed E-state index contributed by atoms with van der Waals surface area (Å²) in [5, 5.41) is 12.3. The van der Waals surface area contributed by atoms with Crippen LogP contribution in [0.3, 0.4) is 0 Å². The van der Waals surface area contributed by atoms with Gasteiger partial charge in [0, 0.05) is 25.7 Å². The molecule has 0 atom stereocenters. The molecule has 0 radical (unpaired) electrons. The van der Waals surface area contributed by atoms with Crippen LogP contribution in [0.25, 0.3) is 0 Å². The Labute approximate surface area is 108 Å². The van der Waals surface area contributed by atoms with Crippen molar-refractivity contribution in [3.63, 3.8) is 0 Å². The van der Waals surface area contributed by atoms with E-state index in [4.69, 9.17) is 10.8 Å². The first-order valence-electron chi connectivity index (χ1n) is 6.45. The summed E-state index contributed by atoms with van der Waals surface area (Å²) in [5.74, 6) is 1.75. The van der Waals surface area contributed by atoms with E-state index >= 15 is 0 Å². The highest BCUT2D eigenvalue weighted by molar-refractivity contribution is 5.52. The summed E-state index contributed by atoms with van der Waals surface area (Å²) in [6, 6.07) is 1.87. The van der Waals surface area contributed by atoms with Crippen LogP contribution in [-0.2, 0) is 0 Å². The summed E-state index contributed by atoms with van der Waals surface area (Å²) in [4.78, 5) is 10.4. The molecule has 18 heavy (non-hydrogen) atoms. The van der Waals surface area contributed by atoms with Gasteiger partial charge in [-0.05, 0) is 12.8 Å². The Morgan fingerprint density at radius 1 is 1.28 bits per heavy atom. The minimum absolute atomic E-state index is 0.0988. The highest BCUT2D eigenvalue weighted by Crippen LogP contribution is 2.17. The highest BCUT2D eigenvalue weighted by atomic mass is 16.3. The first-order chi connectivity index (χ1) is 8.71. The van der Waals surface area contributed by atoms with Gasteiger partial charge in [0.25, 0.3) is 0 Å². The van der Waals surface area contributed by atoms with E-state index in [0.29, 0.717) is 6.54 Å². The van der Waals surface area contributed by atoms with Crippen LogP contribution in [0.4, 0.5) is 17.6 Å². The van der Waals surface area contributed by atoms with Gasteiger partial charge in [-0.1, -0.05) is 13.8 Å². The monoisotopic (exact) mass is 253 g/mol. The number of aliphatic hydroxyl groups excluding tert-OH is 1. The zero-order valence-corrected chi connectivity index (χ0v) is 11.2. The second-order valence-corrected chi connectivity index (χ2v) is 4.11. The Morgan fingerprint density at radius 2 is 2.06 bits per heavy atom. The Kier molecular flexibility index (Phi) is 6.21. The molecule has 1 aromatic rings. The van der Waals surface area contributed by atoms with Gasteiger partial charge in [0.2, 0.25) is 5.95 Å². The van der Waals surface area contributed by atoms with E-state index in [1.54, 1.807) is 0 Å². The fraction of sp³-hybridized carbons (Fsp3) is 0.667. The quantitative estimate of drug-likeness (QED) is 0.643. The summed E-state index contributed by atoms with van der Waals surface area (Å²) in [6.45, 7) is 6.52. The molecule has 0 saturated carbocycles. The predicted octanol–water partition coefficient (Wildman–Crippen LogP) is 1.09. The molecule has 0 fully saturated rings. The molecule has 0 unspecified atom stereocenters. The Morgan fingerprint density at radius 3 is 2.67 bits per heavy atom. The molecule has 1 rings (SSSR count). The lowest BCUT2D eigenvalue weighted by molar-refractivity contribution is 0.301. The number of hydrogen-bond donors (Lipinski definition) is 3. The van der Waals surface area contributed by atoms with Crippen molar-refractivity contribution in [3.8, 4) is 0 Å². The maximum atomic E-state index is 9.07. The highest BCUT2D eigenvalue weighted by Gasteiger charge is 2.09. The predicted molar refractivity (Wildman–Crippen MR) is 74.8 cm³/mol. The summed E-state index contributed by atoms with van der Waals surface area (Å²) in [5.41, 5.74) is 5.71. The van der Waals surface area contributed by atoms with Crippen molar-refractivity contribution in [1.82, 2.24) is 9.97 Å². The van der Waals surface area contributed by atoms with Gasteiger partial charge in [-0.2, -0.15) is 9.97 Å². The summed E-state index contributed by atoms with van der Waals surface area (Å²) >= 11 is 0. The third-order valence-corrected chi connectivity index (χ3v) is 2.47.